The summed E-state index contributed by atoms with van der Waals surface area (Å²) < 4.78 is 11.0. The van der Waals surface area contributed by atoms with Crippen LogP contribution >= 0.6 is 11.3 Å². The van der Waals surface area contributed by atoms with Gasteiger partial charge in [0, 0.05) is 11.6 Å². The van der Waals surface area contributed by atoms with Gasteiger partial charge in [-0.2, -0.15) is 5.26 Å². The molecule has 0 radical (unpaired) electrons. The van der Waals surface area contributed by atoms with E-state index in [0.29, 0.717) is 34.7 Å². The standard InChI is InChI=1S/C22H22N4O3S/c1-4-28-19-11-15(12-23)5-10-18(19)29-13-20(27)24-22-26-25-21(30-22)17-8-6-16(7-9-17)14(2)3/h5-11,14H,4,13H2,1-3H3,(H,24,26,27). The van der Waals surface area contributed by atoms with E-state index in [1.54, 1.807) is 18.2 Å². The predicted octanol–water partition coefficient (Wildman–Crippen LogP) is 4.62. The summed E-state index contributed by atoms with van der Waals surface area (Å²) in [5.74, 6) is 0.920. The van der Waals surface area contributed by atoms with Crippen LogP contribution in [0.5, 0.6) is 11.5 Å². The minimum atomic E-state index is -0.361. The Labute approximate surface area is 179 Å². The molecule has 0 aliphatic heterocycles. The summed E-state index contributed by atoms with van der Waals surface area (Å²) in [4.78, 5) is 12.3. The molecule has 1 amide bonds. The van der Waals surface area contributed by atoms with E-state index in [9.17, 15) is 4.79 Å². The van der Waals surface area contributed by atoms with Gasteiger partial charge >= 0.3 is 0 Å². The van der Waals surface area contributed by atoms with E-state index in [1.807, 2.05) is 25.1 Å². The number of aromatic nitrogens is 2. The lowest BCUT2D eigenvalue weighted by molar-refractivity contribution is -0.118. The molecule has 0 aliphatic carbocycles. The molecule has 3 aromatic rings. The number of carbonyl (C=O) groups excluding carboxylic acids is 1. The van der Waals surface area contributed by atoms with Crippen molar-refractivity contribution in [3.63, 3.8) is 0 Å². The molecule has 0 saturated carbocycles. The number of hydrogen-bond donors (Lipinski definition) is 1. The van der Waals surface area contributed by atoms with Crippen molar-refractivity contribution in [2.45, 2.75) is 26.7 Å². The number of amides is 1. The molecule has 7 nitrogen and oxygen atoms in total. The SMILES string of the molecule is CCOc1cc(C#N)ccc1OCC(=O)Nc1nnc(-c2ccc(C(C)C)cc2)s1. The molecule has 2 aromatic carbocycles. The first-order valence-electron chi connectivity index (χ1n) is 9.53. The highest BCUT2D eigenvalue weighted by Gasteiger charge is 2.13. The molecular weight excluding hydrogens is 400 g/mol. The second kappa shape index (κ2) is 9.85. The fraction of sp³-hybridized carbons (Fsp3) is 0.273. The average molecular weight is 423 g/mol. The molecule has 0 bridgehead atoms. The van der Waals surface area contributed by atoms with Crippen molar-refractivity contribution >= 4 is 22.4 Å². The maximum Gasteiger partial charge on any atom is 0.264 e. The summed E-state index contributed by atoms with van der Waals surface area (Å²) in [6, 6.07) is 15.0. The number of hydrogen-bond acceptors (Lipinski definition) is 7. The molecule has 30 heavy (non-hydrogen) atoms. The third-order valence-corrected chi connectivity index (χ3v) is 5.11. The Morgan fingerprint density at radius 1 is 1.13 bits per heavy atom. The fourth-order valence-corrected chi connectivity index (χ4v) is 3.43. The van der Waals surface area contributed by atoms with Crippen molar-refractivity contribution < 1.29 is 14.3 Å². The normalized spacial score (nSPS) is 10.5. The Morgan fingerprint density at radius 3 is 2.57 bits per heavy atom. The van der Waals surface area contributed by atoms with E-state index in [1.165, 1.54) is 16.9 Å². The molecule has 0 spiro atoms. The second-order valence-electron chi connectivity index (χ2n) is 6.73. The third kappa shape index (κ3) is 5.33. The smallest absolute Gasteiger partial charge is 0.264 e. The Kier molecular flexibility index (Phi) is 6.99. The highest BCUT2D eigenvalue weighted by atomic mass is 32.1. The molecular formula is C22H22N4O3S. The first kappa shape index (κ1) is 21.3. The Bertz CT molecular complexity index is 1050. The highest BCUT2D eigenvalue weighted by Crippen LogP contribution is 2.29. The molecule has 1 heterocycles. The zero-order valence-electron chi connectivity index (χ0n) is 17.0. The van der Waals surface area contributed by atoms with Crippen molar-refractivity contribution in [2.24, 2.45) is 0 Å². The summed E-state index contributed by atoms with van der Waals surface area (Å²) >= 11 is 1.30. The van der Waals surface area contributed by atoms with Gasteiger partial charge in [0.05, 0.1) is 18.2 Å². The van der Waals surface area contributed by atoms with Gasteiger partial charge in [0.25, 0.3) is 5.91 Å². The van der Waals surface area contributed by atoms with Crippen molar-refractivity contribution in [3.8, 4) is 28.1 Å². The summed E-state index contributed by atoms with van der Waals surface area (Å²) in [6.45, 7) is 6.32. The van der Waals surface area contributed by atoms with E-state index in [2.05, 4.69) is 41.5 Å². The number of rotatable bonds is 8. The number of nitrogens with zero attached hydrogens (tertiary/aromatic N) is 3. The number of carbonyl (C=O) groups is 1. The van der Waals surface area contributed by atoms with Gasteiger partial charge in [-0.15, -0.1) is 10.2 Å². The quantitative estimate of drug-likeness (QED) is 0.569. The van der Waals surface area contributed by atoms with Crippen LogP contribution in [0.2, 0.25) is 0 Å². The molecule has 8 heteroatoms. The summed E-state index contributed by atoms with van der Waals surface area (Å²) in [5, 5.41) is 21.0. The topological polar surface area (TPSA) is 97.1 Å². The summed E-state index contributed by atoms with van der Waals surface area (Å²) in [7, 11) is 0. The largest absolute Gasteiger partial charge is 0.490 e. The number of anilines is 1. The van der Waals surface area contributed by atoms with Crippen LogP contribution in [0.3, 0.4) is 0 Å². The molecule has 1 aromatic heterocycles. The van der Waals surface area contributed by atoms with E-state index >= 15 is 0 Å². The molecule has 0 unspecified atom stereocenters. The number of ether oxygens (including phenoxy) is 2. The van der Waals surface area contributed by atoms with Crippen LogP contribution in [0, 0.1) is 11.3 Å². The lowest BCUT2D eigenvalue weighted by Gasteiger charge is -2.11. The molecule has 3 rings (SSSR count). The van der Waals surface area contributed by atoms with Crippen LogP contribution < -0.4 is 14.8 Å². The minimum absolute atomic E-state index is 0.218. The van der Waals surface area contributed by atoms with Crippen LogP contribution in [0.4, 0.5) is 5.13 Å². The zero-order valence-corrected chi connectivity index (χ0v) is 17.8. The van der Waals surface area contributed by atoms with Gasteiger partial charge in [-0.25, -0.2) is 0 Å². The highest BCUT2D eigenvalue weighted by molar-refractivity contribution is 7.18. The van der Waals surface area contributed by atoms with Gasteiger partial charge in [0.15, 0.2) is 18.1 Å². The van der Waals surface area contributed by atoms with Gasteiger partial charge in [-0.1, -0.05) is 49.4 Å². The fourth-order valence-electron chi connectivity index (χ4n) is 2.66. The monoisotopic (exact) mass is 422 g/mol. The first-order chi connectivity index (χ1) is 14.5. The van der Waals surface area contributed by atoms with E-state index in [-0.39, 0.29) is 12.5 Å². The van der Waals surface area contributed by atoms with Crippen LogP contribution in [0.25, 0.3) is 10.6 Å². The Hall–Kier alpha value is -3.44. The van der Waals surface area contributed by atoms with Crippen molar-refractivity contribution in [3.05, 3.63) is 53.6 Å². The zero-order chi connectivity index (χ0) is 21.5. The molecule has 1 N–H and O–H groups in total. The summed E-state index contributed by atoms with van der Waals surface area (Å²) in [6.07, 6.45) is 0. The molecule has 0 fully saturated rings. The van der Waals surface area contributed by atoms with Crippen molar-refractivity contribution in [2.75, 3.05) is 18.5 Å². The van der Waals surface area contributed by atoms with Gasteiger partial charge in [0.2, 0.25) is 5.13 Å². The predicted molar refractivity (Wildman–Crippen MR) is 116 cm³/mol. The van der Waals surface area contributed by atoms with Crippen LogP contribution in [0.1, 0.15) is 37.8 Å². The van der Waals surface area contributed by atoms with Gasteiger partial charge < -0.3 is 9.47 Å². The maximum absolute atomic E-state index is 12.3. The first-order valence-corrected chi connectivity index (χ1v) is 10.3. The van der Waals surface area contributed by atoms with Crippen molar-refractivity contribution in [1.29, 1.82) is 5.26 Å². The van der Waals surface area contributed by atoms with Crippen LogP contribution in [0.15, 0.2) is 42.5 Å². The van der Waals surface area contributed by atoms with Crippen LogP contribution in [-0.2, 0) is 4.79 Å². The second-order valence-corrected chi connectivity index (χ2v) is 7.71. The molecule has 0 atom stereocenters. The lowest BCUT2D eigenvalue weighted by Crippen LogP contribution is -2.20. The summed E-state index contributed by atoms with van der Waals surface area (Å²) in [5.41, 5.74) is 2.66. The number of nitrogens with one attached hydrogen (secondary N) is 1. The molecule has 154 valence electrons. The number of nitriles is 1. The number of benzene rings is 2. The van der Waals surface area contributed by atoms with Gasteiger partial charge in [0.1, 0.15) is 5.01 Å². The van der Waals surface area contributed by atoms with E-state index < -0.39 is 0 Å². The van der Waals surface area contributed by atoms with E-state index in [4.69, 9.17) is 14.7 Å². The van der Waals surface area contributed by atoms with Gasteiger partial charge in [-0.05, 0) is 30.5 Å². The lowest BCUT2D eigenvalue weighted by atomic mass is 10.0. The molecule has 0 saturated heterocycles. The Balaban J connectivity index is 1.60. The van der Waals surface area contributed by atoms with Crippen LogP contribution in [-0.4, -0.2) is 29.3 Å². The maximum atomic E-state index is 12.3. The third-order valence-electron chi connectivity index (χ3n) is 4.23. The van der Waals surface area contributed by atoms with E-state index in [0.717, 1.165) is 10.6 Å². The average Bonchev–Trinajstić information content (AvgIpc) is 3.21. The Morgan fingerprint density at radius 2 is 1.90 bits per heavy atom. The minimum Gasteiger partial charge on any atom is -0.490 e. The molecule has 0 aliphatic rings. The van der Waals surface area contributed by atoms with Gasteiger partial charge in [-0.3, -0.25) is 10.1 Å². The van der Waals surface area contributed by atoms with Crippen molar-refractivity contribution in [1.82, 2.24) is 10.2 Å².